The van der Waals surface area contributed by atoms with Gasteiger partial charge in [0.25, 0.3) is 0 Å². The maximum Gasteiger partial charge on any atom is 0.305 e. The quantitative estimate of drug-likeness (QED) is 0.748. The van der Waals surface area contributed by atoms with Gasteiger partial charge >= 0.3 is 5.97 Å². The molecule has 1 amide bonds. The van der Waals surface area contributed by atoms with Gasteiger partial charge in [0, 0.05) is 18.1 Å². The first-order valence-electron chi connectivity index (χ1n) is 7.88. The van der Waals surface area contributed by atoms with E-state index in [1.807, 2.05) is 37.3 Å². The Balaban J connectivity index is 2.05. The van der Waals surface area contributed by atoms with Crippen molar-refractivity contribution in [2.45, 2.75) is 48.3 Å². The summed E-state index contributed by atoms with van der Waals surface area (Å²) in [5.41, 5.74) is -0.689. The highest BCUT2D eigenvalue weighted by molar-refractivity contribution is 8.00. The van der Waals surface area contributed by atoms with Crippen LogP contribution >= 0.6 is 11.8 Å². The number of carbonyl (C=O) groups is 2. The SMILES string of the molecule is CCC(Sc1ccccc1)C(=O)NC1(CC(=O)O)CCOCC1. The van der Waals surface area contributed by atoms with Gasteiger partial charge in [-0.2, -0.15) is 0 Å². The normalized spacial score (nSPS) is 18.1. The van der Waals surface area contributed by atoms with Crippen LogP contribution in [-0.2, 0) is 14.3 Å². The van der Waals surface area contributed by atoms with Crippen molar-refractivity contribution >= 4 is 23.6 Å². The molecule has 1 atom stereocenters. The molecule has 0 bridgehead atoms. The van der Waals surface area contributed by atoms with Crippen molar-refractivity contribution in [2.75, 3.05) is 13.2 Å². The van der Waals surface area contributed by atoms with Crippen molar-refractivity contribution in [1.29, 1.82) is 0 Å². The summed E-state index contributed by atoms with van der Waals surface area (Å²) in [6.45, 7) is 2.93. The topological polar surface area (TPSA) is 75.6 Å². The molecule has 2 rings (SSSR count). The first-order chi connectivity index (χ1) is 11.0. The molecule has 0 aromatic heterocycles. The van der Waals surface area contributed by atoms with E-state index in [2.05, 4.69) is 5.32 Å². The van der Waals surface area contributed by atoms with Crippen molar-refractivity contribution in [1.82, 2.24) is 5.32 Å². The Labute approximate surface area is 140 Å². The van der Waals surface area contributed by atoms with Crippen LogP contribution in [0.25, 0.3) is 0 Å². The van der Waals surface area contributed by atoms with E-state index < -0.39 is 11.5 Å². The third kappa shape index (κ3) is 5.25. The van der Waals surface area contributed by atoms with Gasteiger partial charge in [0.15, 0.2) is 0 Å². The van der Waals surface area contributed by atoms with Crippen LogP contribution in [-0.4, -0.2) is 41.0 Å². The fourth-order valence-corrected chi connectivity index (χ4v) is 3.70. The monoisotopic (exact) mass is 337 g/mol. The van der Waals surface area contributed by atoms with Crippen LogP contribution in [0, 0.1) is 0 Å². The lowest BCUT2D eigenvalue weighted by atomic mass is 9.86. The molecule has 0 aliphatic carbocycles. The van der Waals surface area contributed by atoms with Gasteiger partial charge in [0.05, 0.1) is 17.2 Å². The van der Waals surface area contributed by atoms with Crippen LogP contribution in [0.1, 0.15) is 32.6 Å². The second kappa shape index (κ2) is 8.36. The molecule has 2 N–H and O–H groups in total. The molecule has 1 saturated heterocycles. The minimum atomic E-state index is -0.893. The van der Waals surface area contributed by atoms with Gasteiger partial charge in [0.2, 0.25) is 5.91 Å². The number of carboxylic acids is 1. The minimum absolute atomic E-state index is 0.0610. The van der Waals surface area contributed by atoms with Gasteiger partial charge in [-0.1, -0.05) is 25.1 Å². The van der Waals surface area contributed by atoms with E-state index in [1.54, 1.807) is 0 Å². The molecule has 1 heterocycles. The van der Waals surface area contributed by atoms with Crippen LogP contribution in [0.5, 0.6) is 0 Å². The predicted molar refractivity (Wildman–Crippen MR) is 89.6 cm³/mol. The average molecular weight is 337 g/mol. The molecule has 0 radical (unpaired) electrons. The fraction of sp³-hybridized carbons (Fsp3) is 0.529. The fourth-order valence-electron chi connectivity index (χ4n) is 2.73. The number of carbonyl (C=O) groups excluding carboxylic acids is 1. The van der Waals surface area contributed by atoms with Crippen LogP contribution in [0.4, 0.5) is 0 Å². The van der Waals surface area contributed by atoms with Gasteiger partial charge in [-0.25, -0.2) is 0 Å². The van der Waals surface area contributed by atoms with Crippen LogP contribution < -0.4 is 5.32 Å². The summed E-state index contributed by atoms with van der Waals surface area (Å²) in [6, 6.07) is 9.77. The molecule has 5 nitrogen and oxygen atoms in total. The van der Waals surface area contributed by atoms with E-state index in [-0.39, 0.29) is 17.6 Å². The molecule has 23 heavy (non-hydrogen) atoms. The zero-order valence-corrected chi connectivity index (χ0v) is 14.1. The van der Waals surface area contributed by atoms with E-state index in [4.69, 9.17) is 4.74 Å². The largest absolute Gasteiger partial charge is 0.481 e. The van der Waals surface area contributed by atoms with Crippen molar-refractivity contribution in [3.8, 4) is 0 Å². The Hall–Kier alpha value is -1.53. The van der Waals surface area contributed by atoms with E-state index >= 15 is 0 Å². The van der Waals surface area contributed by atoms with Crippen molar-refractivity contribution in [3.63, 3.8) is 0 Å². The summed E-state index contributed by atoms with van der Waals surface area (Å²) in [7, 11) is 0. The number of nitrogens with one attached hydrogen (secondary N) is 1. The number of rotatable bonds is 7. The van der Waals surface area contributed by atoms with Crippen molar-refractivity contribution < 1.29 is 19.4 Å². The van der Waals surface area contributed by atoms with E-state index in [0.717, 1.165) is 4.90 Å². The molecule has 1 fully saturated rings. The molecule has 1 aromatic rings. The number of amides is 1. The Morgan fingerprint density at radius 2 is 1.96 bits per heavy atom. The molecule has 126 valence electrons. The van der Waals surface area contributed by atoms with Crippen LogP contribution in [0.15, 0.2) is 35.2 Å². The summed E-state index contributed by atoms with van der Waals surface area (Å²) < 4.78 is 5.32. The number of thioether (sulfide) groups is 1. The lowest BCUT2D eigenvalue weighted by Crippen LogP contribution is -2.55. The number of hydrogen-bond acceptors (Lipinski definition) is 4. The highest BCUT2D eigenvalue weighted by Gasteiger charge is 2.37. The summed E-state index contributed by atoms with van der Waals surface area (Å²) >= 11 is 1.51. The second-order valence-corrected chi connectivity index (χ2v) is 7.06. The van der Waals surface area contributed by atoms with Gasteiger partial charge in [0.1, 0.15) is 0 Å². The zero-order chi connectivity index (χ0) is 16.7. The number of hydrogen-bond donors (Lipinski definition) is 2. The molecular formula is C17H23NO4S. The first kappa shape index (κ1) is 17.8. The standard InChI is InChI=1S/C17H23NO4S/c1-2-14(23-13-6-4-3-5-7-13)16(21)18-17(12-15(19)20)8-10-22-11-9-17/h3-7,14H,2,8-12H2,1H3,(H,18,21)(H,19,20). The highest BCUT2D eigenvalue weighted by atomic mass is 32.2. The molecular weight excluding hydrogens is 314 g/mol. The van der Waals surface area contributed by atoms with Crippen molar-refractivity contribution in [2.24, 2.45) is 0 Å². The smallest absolute Gasteiger partial charge is 0.305 e. The molecule has 1 unspecified atom stereocenters. The lowest BCUT2D eigenvalue weighted by Gasteiger charge is -2.37. The lowest BCUT2D eigenvalue weighted by molar-refractivity contribution is -0.140. The average Bonchev–Trinajstić information content (AvgIpc) is 2.53. The first-order valence-corrected chi connectivity index (χ1v) is 8.76. The third-order valence-electron chi connectivity index (χ3n) is 4.01. The molecule has 6 heteroatoms. The van der Waals surface area contributed by atoms with Gasteiger partial charge < -0.3 is 15.2 Å². The third-order valence-corrected chi connectivity index (χ3v) is 5.39. The second-order valence-electron chi connectivity index (χ2n) is 5.78. The molecule has 1 aromatic carbocycles. The van der Waals surface area contributed by atoms with Gasteiger partial charge in [-0.05, 0) is 31.4 Å². The zero-order valence-electron chi connectivity index (χ0n) is 13.3. The molecule has 1 aliphatic heterocycles. The van der Waals surface area contributed by atoms with E-state index in [9.17, 15) is 14.7 Å². The maximum absolute atomic E-state index is 12.7. The molecule has 1 aliphatic rings. The summed E-state index contributed by atoms with van der Waals surface area (Å²) in [6.07, 6.45) is 1.70. The Morgan fingerprint density at radius 3 is 2.52 bits per heavy atom. The number of ether oxygens (including phenoxy) is 1. The Morgan fingerprint density at radius 1 is 1.30 bits per heavy atom. The summed E-state index contributed by atoms with van der Waals surface area (Å²) in [5.74, 6) is -0.986. The van der Waals surface area contributed by atoms with Gasteiger partial charge in [-0.3, -0.25) is 9.59 Å². The highest BCUT2D eigenvalue weighted by Crippen LogP contribution is 2.29. The Bertz CT molecular complexity index is 529. The van der Waals surface area contributed by atoms with E-state index in [1.165, 1.54) is 11.8 Å². The molecule has 0 spiro atoms. The van der Waals surface area contributed by atoms with Crippen molar-refractivity contribution in [3.05, 3.63) is 30.3 Å². The predicted octanol–water partition coefficient (Wildman–Crippen LogP) is 2.70. The number of aliphatic carboxylic acids is 1. The Kier molecular flexibility index (Phi) is 6.47. The van der Waals surface area contributed by atoms with Gasteiger partial charge in [-0.15, -0.1) is 11.8 Å². The van der Waals surface area contributed by atoms with Crippen LogP contribution in [0.3, 0.4) is 0 Å². The molecule has 0 saturated carbocycles. The maximum atomic E-state index is 12.7. The minimum Gasteiger partial charge on any atom is -0.481 e. The number of benzene rings is 1. The van der Waals surface area contributed by atoms with E-state index in [0.29, 0.717) is 32.5 Å². The number of carboxylic acid groups (broad SMARTS) is 1. The summed E-state index contributed by atoms with van der Waals surface area (Å²) in [5, 5.41) is 12.0. The van der Waals surface area contributed by atoms with Crippen LogP contribution in [0.2, 0.25) is 0 Å². The summed E-state index contributed by atoms with van der Waals surface area (Å²) in [4.78, 5) is 24.9.